The Labute approximate surface area is 194 Å². The number of carbonyl (C=O) groups is 2. The van der Waals surface area contributed by atoms with Crippen molar-refractivity contribution in [2.45, 2.75) is 52.2 Å². The first-order valence-electron chi connectivity index (χ1n) is 11.5. The van der Waals surface area contributed by atoms with E-state index in [0.717, 1.165) is 54.5 Å². The van der Waals surface area contributed by atoms with E-state index in [0.29, 0.717) is 6.42 Å². The molecule has 1 aromatic heterocycles. The Balaban J connectivity index is 1.73. The molecular weight excluding hydrogens is 420 g/mol. The van der Waals surface area contributed by atoms with Gasteiger partial charge in [0.05, 0.1) is 11.7 Å². The van der Waals surface area contributed by atoms with Crippen LogP contribution in [-0.2, 0) is 4.79 Å². The van der Waals surface area contributed by atoms with Gasteiger partial charge in [0.15, 0.2) is 5.82 Å². The molecule has 0 saturated carbocycles. The second-order valence-electron chi connectivity index (χ2n) is 9.06. The third kappa shape index (κ3) is 4.50. The van der Waals surface area contributed by atoms with Gasteiger partial charge in [-0.15, -0.1) is 10.2 Å². The molecule has 33 heavy (non-hydrogen) atoms. The summed E-state index contributed by atoms with van der Waals surface area (Å²) in [7, 11) is 0. The van der Waals surface area contributed by atoms with E-state index in [9.17, 15) is 14.7 Å². The number of anilines is 2. The van der Waals surface area contributed by atoms with Gasteiger partial charge < -0.3 is 20.2 Å². The van der Waals surface area contributed by atoms with Crippen LogP contribution < -0.4 is 15.1 Å². The number of nitrogens with one attached hydrogen (secondary N) is 1. The van der Waals surface area contributed by atoms with Crippen molar-refractivity contribution >= 4 is 23.5 Å². The third-order valence-corrected chi connectivity index (χ3v) is 6.49. The van der Waals surface area contributed by atoms with E-state index in [-0.39, 0.29) is 24.0 Å². The van der Waals surface area contributed by atoms with Crippen LogP contribution in [0.4, 0.5) is 16.3 Å². The van der Waals surface area contributed by atoms with Gasteiger partial charge in [-0.05, 0) is 57.0 Å². The molecule has 2 amide bonds. The lowest BCUT2D eigenvalue weighted by Gasteiger charge is -2.43. The summed E-state index contributed by atoms with van der Waals surface area (Å²) in [5.41, 5.74) is 3.15. The molecule has 2 aromatic rings. The summed E-state index contributed by atoms with van der Waals surface area (Å²) in [5, 5.41) is 22.2. The lowest BCUT2D eigenvalue weighted by molar-refractivity contribution is -0.117. The van der Waals surface area contributed by atoms with Crippen LogP contribution in [0.3, 0.4) is 0 Å². The fraction of sp³-hybridized carbons (Fsp3) is 0.500. The van der Waals surface area contributed by atoms with Crippen molar-refractivity contribution in [1.82, 2.24) is 20.4 Å². The molecular formula is C24H32N6O3. The van der Waals surface area contributed by atoms with E-state index in [1.165, 1.54) is 4.90 Å². The number of carboxylic acid groups (broad SMARTS) is 1. The van der Waals surface area contributed by atoms with Gasteiger partial charge in [0.1, 0.15) is 0 Å². The van der Waals surface area contributed by atoms with Crippen molar-refractivity contribution in [3.63, 3.8) is 0 Å². The van der Waals surface area contributed by atoms with Gasteiger partial charge in [0.25, 0.3) is 0 Å². The number of nitrogens with zero attached hydrogens (tertiary/aromatic N) is 5. The highest BCUT2D eigenvalue weighted by atomic mass is 16.4. The van der Waals surface area contributed by atoms with Crippen LogP contribution >= 0.6 is 0 Å². The number of benzene rings is 1. The lowest BCUT2D eigenvalue weighted by atomic mass is 9.88. The number of aromatic nitrogens is 2. The van der Waals surface area contributed by atoms with Crippen LogP contribution in [0.5, 0.6) is 0 Å². The van der Waals surface area contributed by atoms with Crippen LogP contribution in [0, 0.1) is 0 Å². The predicted octanol–water partition coefficient (Wildman–Crippen LogP) is 3.13. The Hall–Kier alpha value is -3.20. The van der Waals surface area contributed by atoms with Gasteiger partial charge in [0.2, 0.25) is 5.91 Å². The van der Waals surface area contributed by atoms with Crippen LogP contribution in [-0.4, -0.2) is 70.5 Å². The molecule has 176 valence electrons. The van der Waals surface area contributed by atoms with Gasteiger partial charge >= 0.3 is 6.09 Å². The summed E-state index contributed by atoms with van der Waals surface area (Å²) < 4.78 is 0. The molecule has 0 aliphatic carbocycles. The Bertz CT molecular complexity index is 1020. The molecule has 2 atom stereocenters. The summed E-state index contributed by atoms with van der Waals surface area (Å²) in [6, 6.07) is 9.08. The van der Waals surface area contributed by atoms with Crippen molar-refractivity contribution in [2.75, 3.05) is 36.0 Å². The first-order chi connectivity index (χ1) is 15.8. The second-order valence-corrected chi connectivity index (χ2v) is 9.06. The summed E-state index contributed by atoms with van der Waals surface area (Å²) in [6.07, 6.45) is -0.427. The van der Waals surface area contributed by atoms with Crippen molar-refractivity contribution < 1.29 is 14.7 Å². The number of rotatable bonds is 4. The molecule has 4 rings (SSSR count). The lowest BCUT2D eigenvalue weighted by Crippen LogP contribution is -2.48. The maximum Gasteiger partial charge on any atom is 0.408 e. The van der Waals surface area contributed by atoms with Crippen LogP contribution in [0.1, 0.15) is 45.7 Å². The fourth-order valence-corrected chi connectivity index (χ4v) is 4.99. The molecule has 0 unspecified atom stereocenters. The fourth-order valence-electron chi connectivity index (χ4n) is 4.99. The number of hydrogen-bond acceptors (Lipinski definition) is 6. The number of amides is 2. The first-order valence-corrected chi connectivity index (χ1v) is 11.5. The van der Waals surface area contributed by atoms with E-state index in [1.54, 1.807) is 11.8 Å². The summed E-state index contributed by atoms with van der Waals surface area (Å²) in [5.74, 6) is 0.797. The molecule has 3 heterocycles. The summed E-state index contributed by atoms with van der Waals surface area (Å²) >= 11 is 0. The van der Waals surface area contributed by atoms with E-state index in [2.05, 4.69) is 20.4 Å². The minimum atomic E-state index is -0.963. The van der Waals surface area contributed by atoms with E-state index in [1.807, 2.05) is 51.1 Å². The molecule has 9 heteroatoms. The highest BCUT2D eigenvalue weighted by Gasteiger charge is 2.38. The summed E-state index contributed by atoms with van der Waals surface area (Å²) in [6.45, 7) is 10.9. The maximum absolute atomic E-state index is 12.4. The average Bonchev–Trinajstić information content (AvgIpc) is 2.79. The second kappa shape index (κ2) is 9.35. The van der Waals surface area contributed by atoms with E-state index in [4.69, 9.17) is 0 Å². The smallest absolute Gasteiger partial charge is 0.408 e. The Morgan fingerprint density at radius 3 is 2.45 bits per heavy atom. The van der Waals surface area contributed by atoms with Crippen LogP contribution in [0.15, 0.2) is 30.3 Å². The Morgan fingerprint density at radius 2 is 1.88 bits per heavy atom. The van der Waals surface area contributed by atoms with Crippen LogP contribution in [0.25, 0.3) is 11.3 Å². The molecule has 2 aliphatic heterocycles. The van der Waals surface area contributed by atoms with Gasteiger partial charge in [-0.2, -0.15) is 0 Å². The summed E-state index contributed by atoms with van der Waals surface area (Å²) in [4.78, 5) is 30.0. The SMILES string of the molecule is CC(=O)N1c2ccc(-c3ccc(N4CCNCC4)nn3)cc2[C@H](N(C(=O)O)C(C)C)C[C@@H]1C. The number of fused-ring (bicyclic) bond motifs is 1. The van der Waals surface area contributed by atoms with E-state index < -0.39 is 6.09 Å². The standard InChI is InChI=1S/C24H32N6O3/c1-15(2)29(24(32)33)22-13-16(3)30(17(4)31)21-7-5-18(14-19(21)22)20-6-8-23(27-26-20)28-11-9-25-10-12-28/h5-8,14-16,22,25H,9-13H2,1-4H3,(H,32,33)/t16-,22+/m0/s1. The molecule has 0 spiro atoms. The molecule has 1 aromatic carbocycles. The monoisotopic (exact) mass is 452 g/mol. The minimum absolute atomic E-state index is 0.0541. The maximum atomic E-state index is 12.4. The number of hydrogen-bond donors (Lipinski definition) is 2. The predicted molar refractivity (Wildman–Crippen MR) is 128 cm³/mol. The molecule has 1 fully saturated rings. The zero-order valence-corrected chi connectivity index (χ0v) is 19.7. The minimum Gasteiger partial charge on any atom is -0.465 e. The van der Waals surface area contributed by atoms with Crippen molar-refractivity contribution in [1.29, 1.82) is 0 Å². The van der Waals surface area contributed by atoms with Crippen molar-refractivity contribution in [2.24, 2.45) is 0 Å². The highest BCUT2D eigenvalue weighted by Crippen LogP contribution is 2.43. The molecule has 1 saturated heterocycles. The third-order valence-electron chi connectivity index (χ3n) is 6.49. The zero-order valence-electron chi connectivity index (χ0n) is 19.7. The van der Waals surface area contributed by atoms with Gasteiger partial charge in [-0.1, -0.05) is 6.07 Å². The van der Waals surface area contributed by atoms with Gasteiger partial charge in [-0.3, -0.25) is 9.69 Å². The normalized spacial score (nSPS) is 20.5. The van der Waals surface area contributed by atoms with E-state index >= 15 is 0 Å². The quantitative estimate of drug-likeness (QED) is 0.735. The van der Waals surface area contributed by atoms with Gasteiger partial charge in [0, 0.05) is 56.4 Å². The number of piperazine rings is 1. The molecule has 2 aliphatic rings. The first kappa shape index (κ1) is 23.0. The molecule has 2 N–H and O–H groups in total. The Morgan fingerprint density at radius 1 is 1.15 bits per heavy atom. The Kier molecular flexibility index (Phi) is 6.51. The topological polar surface area (TPSA) is 102 Å². The molecule has 9 nitrogen and oxygen atoms in total. The van der Waals surface area contributed by atoms with Crippen molar-refractivity contribution in [3.05, 3.63) is 35.9 Å². The largest absolute Gasteiger partial charge is 0.465 e. The highest BCUT2D eigenvalue weighted by molar-refractivity contribution is 5.94. The van der Waals surface area contributed by atoms with Crippen molar-refractivity contribution in [3.8, 4) is 11.3 Å². The van der Waals surface area contributed by atoms with Crippen LogP contribution in [0.2, 0.25) is 0 Å². The zero-order chi connectivity index (χ0) is 23.7. The van der Waals surface area contributed by atoms with Gasteiger partial charge in [-0.25, -0.2) is 4.79 Å². The molecule has 0 radical (unpaired) electrons. The number of carbonyl (C=O) groups excluding carboxylic acids is 1. The molecule has 0 bridgehead atoms. The average molecular weight is 453 g/mol.